The van der Waals surface area contributed by atoms with Crippen LogP contribution in [0.15, 0.2) is 0 Å². The zero-order valence-electron chi connectivity index (χ0n) is 11.8. The molecular formula is C16H29N. The molecule has 0 radical (unpaired) electrons. The van der Waals surface area contributed by atoms with Crippen molar-refractivity contribution in [1.29, 1.82) is 0 Å². The van der Waals surface area contributed by atoms with Gasteiger partial charge in [-0.25, -0.2) is 0 Å². The lowest BCUT2D eigenvalue weighted by Gasteiger charge is -2.35. The average Bonchev–Trinajstić information content (AvgIpc) is 2.98. The number of rotatable bonds is 4. The van der Waals surface area contributed by atoms with Crippen LogP contribution < -0.4 is 5.32 Å². The molecule has 3 aliphatic rings. The number of hydrogen-bond donors (Lipinski definition) is 1. The minimum atomic E-state index is 0.712. The summed E-state index contributed by atoms with van der Waals surface area (Å²) in [4.78, 5) is 0. The fraction of sp³-hybridized carbons (Fsp3) is 1.00. The van der Waals surface area contributed by atoms with E-state index in [1.807, 2.05) is 0 Å². The Morgan fingerprint density at radius 2 is 1.82 bits per heavy atom. The molecular weight excluding hydrogens is 206 g/mol. The molecule has 0 aromatic carbocycles. The standard InChI is InChI=1S/C16H29N/c1-4-10(2)11(3)17-16-9-12-8-15(16)14-7-5-6-13(12)14/h10-17H,4-9H2,1-3H3. The highest BCUT2D eigenvalue weighted by molar-refractivity contribution is 5.05. The lowest BCUT2D eigenvalue weighted by molar-refractivity contribution is 0.189. The molecule has 0 saturated heterocycles. The van der Waals surface area contributed by atoms with E-state index in [1.54, 1.807) is 19.3 Å². The Balaban J connectivity index is 1.60. The first-order chi connectivity index (χ1) is 8.20. The smallest absolute Gasteiger partial charge is 0.0103 e. The highest BCUT2D eigenvalue weighted by Crippen LogP contribution is 2.58. The topological polar surface area (TPSA) is 12.0 Å². The highest BCUT2D eigenvalue weighted by atomic mass is 15.0. The molecule has 1 N–H and O–H groups in total. The molecule has 0 aromatic rings. The summed E-state index contributed by atoms with van der Waals surface area (Å²) in [6.45, 7) is 7.10. The third-order valence-electron chi connectivity index (χ3n) is 6.40. The van der Waals surface area contributed by atoms with E-state index in [0.717, 1.165) is 35.6 Å². The summed E-state index contributed by atoms with van der Waals surface area (Å²) in [5.74, 6) is 5.20. The molecule has 3 rings (SSSR count). The number of nitrogens with one attached hydrogen (secondary N) is 1. The highest BCUT2D eigenvalue weighted by Gasteiger charge is 2.53. The van der Waals surface area contributed by atoms with Crippen molar-refractivity contribution in [2.24, 2.45) is 29.6 Å². The minimum absolute atomic E-state index is 0.712. The summed E-state index contributed by atoms with van der Waals surface area (Å²) in [5, 5.41) is 3.97. The average molecular weight is 235 g/mol. The third kappa shape index (κ3) is 1.95. The molecule has 7 atom stereocenters. The van der Waals surface area contributed by atoms with Crippen LogP contribution in [0.2, 0.25) is 0 Å². The molecule has 0 aromatic heterocycles. The number of hydrogen-bond acceptors (Lipinski definition) is 1. The van der Waals surface area contributed by atoms with Gasteiger partial charge in [-0.1, -0.05) is 26.7 Å². The van der Waals surface area contributed by atoms with Gasteiger partial charge in [0, 0.05) is 12.1 Å². The molecule has 0 spiro atoms. The SMILES string of the molecule is CCC(C)C(C)NC1CC2CC1C1CCCC21. The maximum absolute atomic E-state index is 3.97. The molecule has 3 fully saturated rings. The van der Waals surface area contributed by atoms with Gasteiger partial charge < -0.3 is 5.32 Å². The molecule has 7 unspecified atom stereocenters. The molecule has 2 bridgehead atoms. The van der Waals surface area contributed by atoms with Gasteiger partial charge in [0.2, 0.25) is 0 Å². The molecule has 17 heavy (non-hydrogen) atoms. The second kappa shape index (κ2) is 4.57. The zero-order chi connectivity index (χ0) is 12.0. The van der Waals surface area contributed by atoms with E-state index >= 15 is 0 Å². The Morgan fingerprint density at radius 3 is 2.59 bits per heavy atom. The quantitative estimate of drug-likeness (QED) is 0.781. The monoisotopic (exact) mass is 235 g/mol. The molecule has 3 saturated carbocycles. The fourth-order valence-corrected chi connectivity index (χ4v) is 5.12. The van der Waals surface area contributed by atoms with Crippen molar-refractivity contribution in [2.75, 3.05) is 0 Å². The normalized spacial score (nSPS) is 47.1. The Labute approximate surface area is 107 Å². The second-order valence-corrected chi connectivity index (χ2v) is 7.10. The van der Waals surface area contributed by atoms with Gasteiger partial charge in [-0.3, -0.25) is 0 Å². The van der Waals surface area contributed by atoms with E-state index in [0.29, 0.717) is 6.04 Å². The molecule has 1 nitrogen and oxygen atoms in total. The molecule has 0 heterocycles. The Kier molecular flexibility index (Phi) is 3.23. The van der Waals surface area contributed by atoms with Crippen LogP contribution in [0.25, 0.3) is 0 Å². The van der Waals surface area contributed by atoms with Crippen molar-refractivity contribution in [1.82, 2.24) is 5.32 Å². The van der Waals surface area contributed by atoms with Gasteiger partial charge in [-0.15, -0.1) is 0 Å². The first kappa shape index (κ1) is 12.0. The predicted molar refractivity (Wildman–Crippen MR) is 72.9 cm³/mol. The van der Waals surface area contributed by atoms with Crippen LogP contribution in [0.5, 0.6) is 0 Å². The van der Waals surface area contributed by atoms with Crippen LogP contribution >= 0.6 is 0 Å². The van der Waals surface area contributed by atoms with E-state index in [1.165, 1.54) is 19.3 Å². The van der Waals surface area contributed by atoms with E-state index in [4.69, 9.17) is 0 Å². The molecule has 0 amide bonds. The lowest BCUT2D eigenvalue weighted by Crippen LogP contribution is -2.45. The van der Waals surface area contributed by atoms with E-state index in [9.17, 15) is 0 Å². The van der Waals surface area contributed by atoms with Crippen molar-refractivity contribution in [3.63, 3.8) is 0 Å². The van der Waals surface area contributed by atoms with Gasteiger partial charge in [0.05, 0.1) is 0 Å². The Morgan fingerprint density at radius 1 is 1.06 bits per heavy atom. The molecule has 0 aliphatic heterocycles. The van der Waals surface area contributed by atoms with Crippen molar-refractivity contribution in [3.8, 4) is 0 Å². The molecule has 98 valence electrons. The van der Waals surface area contributed by atoms with Crippen molar-refractivity contribution < 1.29 is 0 Å². The Bertz CT molecular complexity index is 275. The fourth-order valence-electron chi connectivity index (χ4n) is 5.12. The predicted octanol–water partition coefficient (Wildman–Crippen LogP) is 3.84. The largest absolute Gasteiger partial charge is 0.311 e. The zero-order valence-corrected chi connectivity index (χ0v) is 11.8. The first-order valence-corrected chi connectivity index (χ1v) is 7.96. The molecule has 3 aliphatic carbocycles. The van der Waals surface area contributed by atoms with Gasteiger partial charge in [-0.2, -0.15) is 0 Å². The molecule has 1 heteroatoms. The van der Waals surface area contributed by atoms with E-state index < -0.39 is 0 Å². The van der Waals surface area contributed by atoms with Gasteiger partial charge in [-0.05, 0) is 62.2 Å². The van der Waals surface area contributed by atoms with Crippen LogP contribution in [0, 0.1) is 29.6 Å². The van der Waals surface area contributed by atoms with Crippen molar-refractivity contribution >= 4 is 0 Å². The van der Waals surface area contributed by atoms with Gasteiger partial charge in [0.1, 0.15) is 0 Å². The summed E-state index contributed by atoms with van der Waals surface area (Å²) in [6, 6.07) is 1.58. The minimum Gasteiger partial charge on any atom is -0.311 e. The first-order valence-electron chi connectivity index (χ1n) is 7.96. The van der Waals surface area contributed by atoms with Crippen LogP contribution in [0.3, 0.4) is 0 Å². The van der Waals surface area contributed by atoms with Crippen LogP contribution in [0.4, 0.5) is 0 Å². The lowest BCUT2D eigenvalue weighted by atomic mass is 9.78. The summed E-state index contributed by atoms with van der Waals surface area (Å²) < 4.78 is 0. The summed E-state index contributed by atoms with van der Waals surface area (Å²) in [7, 11) is 0. The maximum atomic E-state index is 3.97. The summed E-state index contributed by atoms with van der Waals surface area (Å²) >= 11 is 0. The maximum Gasteiger partial charge on any atom is 0.0103 e. The van der Waals surface area contributed by atoms with Gasteiger partial charge in [0.15, 0.2) is 0 Å². The van der Waals surface area contributed by atoms with Crippen molar-refractivity contribution in [2.45, 2.75) is 71.4 Å². The van der Waals surface area contributed by atoms with Crippen LogP contribution in [0.1, 0.15) is 59.3 Å². The number of fused-ring (bicyclic) bond motifs is 5. The third-order valence-corrected chi connectivity index (χ3v) is 6.40. The van der Waals surface area contributed by atoms with E-state index in [-0.39, 0.29) is 0 Å². The van der Waals surface area contributed by atoms with Crippen LogP contribution in [-0.4, -0.2) is 12.1 Å². The second-order valence-electron chi connectivity index (χ2n) is 7.10. The Hall–Kier alpha value is -0.0400. The van der Waals surface area contributed by atoms with E-state index in [2.05, 4.69) is 26.1 Å². The van der Waals surface area contributed by atoms with Gasteiger partial charge >= 0.3 is 0 Å². The van der Waals surface area contributed by atoms with Crippen LogP contribution in [-0.2, 0) is 0 Å². The van der Waals surface area contributed by atoms with Gasteiger partial charge in [0.25, 0.3) is 0 Å². The summed E-state index contributed by atoms with van der Waals surface area (Å²) in [6.07, 6.45) is 8.98. The van der Waals surface area contributed by atoms with Crippen molar-refractivity contribution in [3.05, 3.63) is 0 Å². The summed E-state index contributed by atoms with van der Waals surface area (Å²) in [5.41, 5.74) is 0.